The molecule has 0 amide bonds. The topological polar surface area (TPSA) is 88.4 Å². The summed E-state index contributed by atoms with van der Waals surface area (Å²) in [5.41, 5.74) is 1.57. The minimum absolute atomic E-state index is 0.0154. The zero-order chi connectivity index (χ0) is 15.7. The number of ether oxygens (including phenoxy) is 1. The first-order valence-corrected chi connectivity index (χ1v) is 7.50. The van der Waals surface area contributed by atoms with Crippen LogP contribution >= 0.6 is 0 Å². The van der Waals surface area contributed by atoms with E-state index in [1.165, 1.54) is 12.1 Å². The number of esters is 1. The van der Waals surface area contributed by atoms with Gasteiger partial charge < -0.3 is 19.8 Å². The van der Waals surface area contributed by atoms with Crippen LogP contribution in [0.5, 0.6) is 11.5 Å². The molecule has 3 rings (SSSR count). The summed E-state index contributed by atoms with van der Waals surface area (Å²) in [5, 5.41) is 23.9. The Hall–Kier alpha value is -2.24. The van der Waals surface area contributed by atoms with Gasteiger partial charge in [0.15, 0.2) is 0 Å². The van der Waals surface area contributed by atoms with Gasteiger partial charge in [0.1, 0.15) is 17.6 Å². The van der Waals surface area contributed by atoms with Gasteiger partial charge in [-0.15, -0.1) is 0 Å². The number of nitrogens with zero attached hydrogens (tertiary/aromatic N) is 1. The Labute approximate surface area is 128 Å². The number of rotatable bonds is 0. The summed E-state index contributed by atoms with van der Waals surface area (Å²) in [6.45, 7) is 1.86. The number of aromatic hydroxyl groups is 2. The smallest absolute Gasteiger partial charge is 0.310 e. The molecule has 0 unspecified atom stereocenters. The molecule has 1 aromatic rings. The summed E-state index contributed by atoms with van der Waals surface area (Å²) in [7, 11) is 0. The SMILES string of the molecule is C[C@H]1CCC[C@@H]2CC(=NO2)c2c(O)cc(O)cc2CC(=O)O1. The van der Waals surface area contributed by atoms with Gasteiger partial charge in [-0.05, 0) is 37.8 Å². The average molecular weight is 305 g/mol. The number of phenols is 2. The van der Waals surface area contributed by atoms with Gasteiger partial charge >= 0.3 is 5.97 Å². The molecule has 2 aliphatic rings. The van der Waals surface area contributed by atoms with Gasteiger partial charge in [-0.2, -0.15) is 0 Å². The molecule has 0 spiro atoms. The molecule has 2 heterocycles. The van der Waals surface area contributed by atoms with Crippen LogP contribution in [0.4, 0.5) is 0 Å². The average Bonchev–Trinajstić information content (AvgIpc) is 2.85. The molecular weight excluding hydrogens is 286 g/mol. The molecule has 2 aliphatic heterocycles. The normalized spacial score (nSPS) is 25.1. The van der Waals surface area contributed by atoms with Crippen molar-refractivity contribution < 1.29 is 24.6 Å². The number of carbonyl (C=O) groups is 1. The van der Waals surface area contributed by atoms with E-state index in [4.69, 9.17) is 9.57 Å². The number of hydrogen-bond donors (Lipinski definition) is 2. The Morgan fingerprint density at radius 3 is 2.91 bits per heavy atom. The maximum Gasteiger partial charge on any atom is 0.310 e. The number of phenolic OH excluding ortho intramolecular Hbond substituents is 2. The molecule has 0 radical (unpaired) electrons. The molecule has 118 valence electrons. The van der Waals surface area contributed by atoms with Crippen molar-refractivity contribution in [3.8, 4) is 11.5 Å². The van der Waals surface area contributed by atoms with Crippen LogP contribution < -0.4 is 0 Å². The van der Waals surface area contributed by atoms with E-state index in [-0.39, 0.29) is 36.1 Å². The van der Waals surface area contributed by atoms with Crippen molar-refractivity contribution in [2.45, 2.75) is 51.2 Å². The van der Waals surface area contributed by atoms with Crippen LogP contribution in [0.2, 0.25) is 0 Å². The number of hydrogen-bond acceptors (Lipinski definition) is 6. The number of carbonyl (C=O) groups excluding carboxylic acids is 1. The van der Waals surface area contributed by atoms with E-state index in [1.807, 2.05) is 6.92 Å². The lowest BCUT2D eigenvalue weighted by molar-refractivity contribution is -0.147. The van der Waals surface area contributed by atoms with E-state index in [9.17, 15) is 15.0 Å². The van der Waals surface area contributed by atoms with Crippen molar-refractivity contribution in [1.82, 2.24) is 0 Å². The lowest BCUT2D eigenvalue weighted by Crippen LogP contribution is -2.20. The second kappa shape index (κ2) is 5.87. The minimum atomic E-state index is -0.379. The van der Waals surface area contributed by atoms with E-state index in [0.717, 1.165) is 19.3 Å². The summed E-state index contributed by atoms with van der Waals surface area (Å²) >= 11 is 0. The van der Waals surface area contributed by atoms with Gasteiger partial charge in [0.25, 0.3) is 0 Å². The molecular formula is C16H19NO5. The molecule has 2 N–H and O–H groups in total. The Morgan fingerprint density at radius 1 is 1.27 bits per heavy atom. The lowest BCUT2D eigenvalue weighted by Gasteiger charge is -2.17. The van der Waals surface area contributed by atoms with Crippen molar-refractivity contribution in [3.05, 3.63) is 23.3 Å². The molecule has 0 fully saturated rings. The zero-order valence-electron chi connectivity index (χ0n) is 12.4. The number of fused-ring (bicyclic) bond motifs is 4. The molecule has 0 saturated heterocycles. The Morgan fingerprint density at radius 2 is 2.09 bits per heavy atom. The van der Waals surface area contributed by atoms with Crippen molar-refractivity contribution >= 4 is 11.7 Å². The van der Waals surface area contributed by atoms with Gasteiger partial charge in [0.05, 0.1) is 18.2 Å². The third-order valence-electron chi connectivity index (χ3n) is 4.01. The van der Waals surface area contributed by atoms with Crippen LogP contribution in [0, 0.1) is 0 Å². The van der Waals surface area contributed by atoms with E-state index in [2.05, 4.69) is 5.16 Å². The highest BCUT2D eigenvalue weighted by atomic mass is 16.6. The summed E-state index contributed by atoms with van der Waals surface area (Å²) in [6.07, 6.45) is 2.87. The number of cyclic esters (lactones) is 1. The molecule has 0 aliphatic carbocycles. The number of oxime groups is 1. The first kappa shape index (κ1) is 14.7. The summed E-state index contributed by atoms with van der Waals surface area (Å²) in [6, 6.07) is 2.71. The fourth-order valence-corrected chi connectivity index (χ4v) is 2.99. The van der Waals surface area contributed by atoms with Gasteiger partial charge in [-0.1, -0.05) is 5.16 Å². The van der Waals surface area contributed by atoms with Crippen molar-refractivity contribution in [1.29, 1.82) is 0 Å². The van der Waals surface area contributed by atoms with Crippen LogP contribution in [-0.2, 0) is 20.8 Å². The largest absolute Gasteiger partial charge is 0.508 e. The minimum Gasteiger partial charge on any atom is -0.508 e. The highest BCUT2D eigenvalue weighted by Gasteiger charge is 2.28. The molecule has 0 saturated carbocycles. The molecule has 1 aromatic carbocycles. The van der Waals surface area contributed by atoms with Gasteiger partial charge in [-0.25, -0.2) is 0 Å². The molecule has 2 bridgehead atoms. The summed E-state index contributed by atoms with van der Waals surface area (Å²) in [5.74, 6) is -0.577. The fourth-order valence-electron chi connectivity index (χ4n) is 2.99. The summed E-state index contributed by atoms with van der Waals surface area (Å²) < 4.78 is 5.37. The highest BCUT2D eigenvalue weighted by Crippen LogP contribution is 2.33. The predicted molar refractivity (Wildman–Crippen MR) is 78.9 cm³/mol. The van der Waals surface area contributed by atoms with Crippen LogP contribution in [0.25, 0.3) is 0 Å². The van der Waals surface area contributed by atoms with Crippen molar-refractivity contribution in [2.75, 3.05) is 0 Å². The van der Waals surface area contributed by atoms with E-state index in [1.54, 1.807) is 0 Å². The number of benzene rings is 1. The highest BCUT2D eigenvalue weighted by molar-refractivity contribution is 6.05. The van der Waals surface area contributed by atoms with Crippen LogP contribution in [0.1, 0.15) is 43.7 Å². The zero-order valence-corrected chi connectivity index (χ0v) is 12.4. The Balaban J connectivity index is 2.00. The van der Waals surface area contributed by atoms with Crippen molar-refractivity contribution in [2.24, 2.45) is 5.16 Å². The molecule has 6 nitrogen and oxygen atoms in total. The quantitative estimate of drug-likeness (QED) is 0.718. The standard InChI is InChI=1S/C16H19NO5/c1-9-3-2-4-12-8-13(17-22-12)16-10(6-15(20)21-9)5-11(18)7-14(16)19/h5,7,9,12,18-19H,2-4,6,8H2,1H3/t9-,12+/m0/s1. The molecule has 6 heteroatoms. The monoisotopic (exact) mass is 305 g/mol. The maximum absolute atomic E-state index is 12.0. The Kier molecular flexibility index (Phi) is 3.92. The van der Waals surface area contributed by atoms with Gasteiger partial charge in [-0.3, -0.25) is 4.79 Å². The van der Waals surface area contributed by atoms with Crippen LogP contribution in [0.15, 0.2) is 17.3 Å². The van der Waals surface area contributed by atoms with Gasteiger partial charge in [0, 0.05) is 18.1 Å². The second-order valence-corrected chi connectivity index (χ2v) is 5.88. The van der Waals surface area contributed by atoms with E-state index < -0.39 is 0 Å². The van der Waals surface area contributed by atoms with Crippen LogP contribution in [-0.4, -0.2) is 34.1 Å². The first-order chi connectivity index (χ1) is 10.5. The maximum atomic E-state index is 12.0. The predicted octanol–water partition coefficient (Wildman–Crippen LogP) is 2.25. The van der Waals surface area contributed by atoms with E-state index in [0.29, 0.717) is 23.3 Å². The Bertz CT molecular complexity index is 625. The molecule has 0 aromatic heterocycles. The third kappa shape index (κ3) is 3.00. The van der Waals surface area contributed by atoms with Crippen LogP contribution in [0.3, 0.4) is 0 Å². The second-order valence-electron chi connectivity index (χ2n) is 5.88. The molecule has 22 heavy (non-hydrogen) atoms. The third-order valence-corrected chi connectivity index (χ3v) is 4.01. The van der Waals surface area contributed by atoms with E-state index >= 15 is 0 Å². The first-order valence-electron chi connectivity index (χ1n) is 7.50. The molecule has 2 atom stereocenters. The summed E-state index contributed by atoms with van der Waals surface area (Å²) in [4.78, 5) is 17.5. The lowest BCUT2D eigenvalue weighted by atomic mass is 9.94. The van der Waals surface area contributed by atoms with Crippen molar-refractivity contribution in [3.63, 3.8) is 0 Å². The van der Waals surface area contributed by atoms with Gasteiger partial charge in [0.2, 0.25) is 0 Å². The fraction of sp³-hybridized carbons (Fsp3) is 0.500.